The molecule has 0 radical (unpaired) electrons. The van der Waals surface area contributed by atoms with E-state index in [4.69, 9.17) is 28.4 Å². The molecule has 3 heterocycles. The molecule has 0 saturated carbocycles. The topological polar surface area (TPSA) is 307 Å². The van der Waals surface area contributed by atoms with E-state index in [9.17, 15) is 61.0 Å². The van der Waals surface area contributed by atoms with Gasteiger partial charge in [0.15, 0.2) is 18.9 Å². The lowest BCUT2D eigenvalue weighted by atomic mass is 9.96. The average Bonchev–Trinajstić information content (AvgIpc) is 3.47. The zero-order valence-electron chi connectivity index (χ0n) is 48.4. The van der Waals surface area contributed by atoms with Gasteiger partial charge in [-0.05, 0) is 32.1 Å². The molecule has 3 aliphatic heterocycles. The molecule has 79 heavy (non-hydrogen) atoms. The normalized spacial score (nSPS) is 30.4. The molecule has 0 aliphatic carbocycles. The Morgan fingerprint density at radius 1 is 0.443 bits per heavy atom. The maximum absolute atomic E-state index is 13.2. The standard InChI is InChI=1S/C60H111NO18/c1-3-5-7-9-11-12-13-14-15-16-17-18-19-20-21-22-23-24-25-26-27-28-29-30-32-33-35-37-44(65)43(61-48(66)38-36-34-31-10-8-6-4-2)42-74-58-54(72)51(69)56(46(40-63)76-58)79-60-55(73)52(70)57(47(41-64)77-60)78-59-53(71)50(68)49(67)45(39-62)75-59/h29-30,35,37,43-47,49-60,62-65,67-73H,3-28,31-34,36,38-42H2,1-2H3,(H,61,66)/b30-29+,37-35+. The summed E-state index contributed by atoms with van der Waals surface area (Å²) in [6, 6.07) is -0.983. The summed E-state index contributed by atoms with van der Waals surface area (Å²) < 4.78 is 34.1. The van der Waals surface area contributed by atoms with Crippen LogP contribution in [0.3, 0.4) is 0 Å². The summed E-state index contributed by atoms with van der Waals surface area (Å²) in [5.41, 5.74) is 0. The zero-order chi connectivity index (χ0) is 57.6. The molecule has 464 valence electrons. The van der Waals surface area contributed by atoms with Crippen LogP contribution < -0.4 is 5.32 Å². The van der Waals surface area contributed by atoms with Crippen LogP contribution >= 0.6 is 0 Å². The molecule has 3 fully saturated rings. The van der Waals surface area contributed by atoms with Crippen LogP contribution in [-0.4, -0.2) is 193 Å². The van der Waals surface area contributed by atoms with Crippen LogP contribution in [0.1, 0.15) is 219 Å². The van der Waals surface area contributed by atoms with Crippen molar-refractivity contribution in [1.29, 1.82) is 0 Å². The van der Waals surface area contributed by atoms with E-state index in [1.165, 1.54) is 135 Å². The molecule has 0 bridgehead atoms. The summed E-state index contributed by atoms with van der Waals surface area (Å²) in [6.07, 6.45) is 19.4. The lowest BCUT2D eigenvalue weighted by Crippen LogP contribution is -2.66. The molecule has 0 aromatic rings. The highest BCUT2D eigenvalue weighted by atomic mass is 16.8. The van der Waals surface area contributed by atoms with Crippen molar-refractivity contribution in [3.05, 3.63) is 24.3 Å². The first kappa shape index (κ1) is 71.5. The molecular weight excluding hydrogens is 1020 g/mol. The van der Waals surface area contributed by atoms with E-state index in [1.54, 1.807) is 6.08 Å². The van der Waals surface area contributed by atoms with Gasteiger partial charge in [-0.15, -0.1) is 0 Å². The fourth-order valence-corrected chi connectivity index (χ4v) is 10.6. The van der Waals surface area contributed by atoms with Crippen molar-refractivity contribution in [3.63, 3.8) is 0 Å². The summed E-state index contributed by atoms with van der Waals surface area (Å²) in [7, 11) is 0. The monoisotopic (exact) mass is 1130 g/mol. The van der Waals surface area contributed by atoms with E-state index in [-0.39, 0.29) is 18.9 Å². The molecule has 3 aliphatic rings. The van der Waals surface area contributed by atoms with E-state index in [1.807, 2.05) is 6.08 Å². The van der Waals surface area contributed by atoms with E-state index >= 15 is 0 Å². The highest BCUT2D eigenvalue weighted by Gasteiger charge is 2.53. The zero-order valence-corrected chi connectivity index (χ0v) is 48.4. The molecule has 19 nitrogen and oxygen atoms in total. The van der Waals surface area contributed by atoms with Gasteiger partial charge in [-0.1, -0.05) is 205 Å². The third-order valence-electron chi connectivity index (χ3n) is 15.8. The van der Waals surface area contributed by atoms with Crippen LogP contribution in [0.4, 0.5) is 0 Å². The number of unbranched alkanes of at least 4 members (excludes halogenated alkanes) is 28. The largest absolute Gasteiger partial charge is 0.394 e. The minimum atomic E-state index is -1.98. The molecular formula is C60H111NO18. The second-order valence-corrected chi connectivity index (χ2v) is 22.5. The van der Waals surface area contributed by atoms with Crippen molar-refractivity contribution in [1.82, 2.24) is 5.32 Å². The number of carbonyl (C=O) groups is 1. The molecule has 3 rings (SSSR count). The first-order valence-electron chi connectivity index (χ1n) is 31.1. The Hall–Kier alpha value is -1.73. The number of nitrogens with one attached hydrogen (secondary N) is 1. The van der Waals surface area contributed by atoms with Gasteiger partial charge in [-0.25, -0.2) is 0 Å². The Kier molecular flexibility index (Phi) is 39.7. The molecule has 3 saturated heterocycles. The van der Waals surface area contributed by atoms with E-state index < -0.39 is 124 Å². The van der Waals surface area contributed by atoms with Gasteiger partial charge in [0.25, 0.3) is 0 Å². The van der Waals surface area contributed by atoms with Gasteiger partial charge >= 0.3 is 0 Å². The number of amides is 1. The van der Waals surface area contributed by atoms with Crippen molar-refractivity contribution >= 4 is 5.91 Å². The van der Waals surface area contributed by atoms with Gasteiger partial charge in [-0.2, -0.15) is 0 Å². The quantitative estimate of drug-likeness (QED) is 0.0248. The highest BCUT2D eigenvalue weighted by molar-refractivity contribution is 5.76. The van der Waals surface area contributed by atoms with Crippen LogP contribution in [0.2, 0.25) is 0 Å². The molecule has 17 unspecified atom stereocenters. The summed E-state index contributed by atoms with van der Waals surface area (Å²) in [5.74, 6) is -0.292. The summed E-state index contributed by atoms with van der Waals surface area (Å²) >= 11 is 0. The Morgan fingerprint density at radius 3 is 1.27 bits per heavy atom. The number of aliphatic hydroxyl groups excluding tert-OH is 11. The van der Waals surface area contributed by atoms with Crippen LogP contribution in [0.15, 0.2) is 24.3 Å². The van der Waals surface area contributed by atoms with Crippen LogP contribution in [-0.2, 0) is 33.2 Å². The van der Waals surface area contributed by atoms with Gasteiger partial charge in [0.1, 0.15) is 73.2 Å². The summed E-state index contributed by atoms with van der Waals surface area (Å²) in [6.45, 7) is 1.65. The number of carbonyl (C=O) groups excluding carboxylic acids is 1. The number of allylic oxidation sites excluding steroid dienone is 3. The van der Waals surface area contributed by atoms with Crippen molar-refractivity contribution in [2.24, 2.45) is 0 Å². The lowest BCUT2D eigenvalue weighted by molar-refractivity contribution is -0.379. The van der Waals surface area contributed by atoms with Gasteiger partial charge < -0.3 is 89.9 Å². The Bertz CT molecular complexity index is 1540. The third kappa shape index (κ3) is 27.7. The van der Waals surface area contributed by atoms with Crippen LogP contribution in [0, 0.1) is 0 Å². The SMILES string of the molecule is CCCCCCCCCCCCCCCCCCCCCCC/C=C/CC/C=C/C(O)C(COC1OC(CO)C(OC2OC(CO)C(OC3OC(CO)C(O)C(O)C3O)C(O)C2O)C(O)C1O)NC(=O)CCCCCCCCC. The lowest BCUT2D eigenvalue weighted by Gasteiger charge is -2.48. The van der Waals surface area contributed by atoms with Crippen molar-refractivity contribution in [2.75, 3.05) is 26.4 Å². The van der Waals surface area contributed by atoms with E-state index in [2.05, 4.69) is 31.3 Å². The molecule has 1 amide bonds. The highest BCUT2D eigenvalue weighted by Crippen LogP contribution is 2.33. The Labute approximate surface area is 473 Å². The minimum absolute atomic E-state index is 0.236. The minimum Gasteiger partial charge on any atom is -0.394 e. The molecule has 12 N–H and O–H groups in total. The fourth-order valence-electron chi connectivity index (χ4n) is 10.6. The van der Waals surface area contributed by atoms with Crippen LogP contribution in [0.25, 0.3) is 0 Å². The second-order valence-electron chi connectivity index (χ2n) is 22.5. The van der Waals surface area contributed by atoms with Crippen molar-refractivity contribution in [3.8, 4) is 0 Å². The van der Waals surface area contributed by atoms with Crippen molar-refractivity contribution < 1.29 is 89.4 Å². The number of aliphatic hydroxyl groups is 11. The number of ether oxygens (including phenoxy) is 6. The number of rotatable bonds is 46. The molecule has 0 aromatic heterocycles. The summed E-state index contributed by atoms with van der Waals surface area (Å²) in [5, 5.41) is 120. The maximum atomic E-state index is 13.2. The maximum Gasteiger partial charge on any atom is 0.220 e. The van der Waals surface area contributed by atoms with Gasteiger partial charge in [-0.3, -0.25) is 4.79 Å². The number of hydrogen-bond donors (Lipinski definition) is 12. The predicted octanol–water partition coefficient (Wildman–Crippen LogP) is 5.93. The fraction of sp³-hybridized carbons (Fsp3) is 0.917. The van der Waals surface area contributed by atoms with Gasteiger partial charge in [0.05, 0.1) is 38.6 Å². The Balaban J connectivity index is 1.41. The molecule has 17 atom stereocenters. The molecule has 0 spiro atoms. The smallest absolute Gasteiger partial charge is 0.220 e. The average molecular weight is 1130 g/mol. The second kappa shape index (κ2) is 43.8. The summed E-state index contributed by atoms with van der Waals surface area (Å²) in [4.78, 5) is 13.2. The Morgan fingerprint density at radius 2 is 0.810 bits per heavy atom. The first-order chi connectivity index (χ1) is 38.3. The third-order valence-corrected chi connectivity index (χ3v) is 15.8. The van der Waals surface area contributed by atoms with Crippen molar-refractivity contribution in [2.45, 2.75) is 324 Å². The van der Waals surface area contributed by atoms with Crippen LogP contribution in [0.5, 0.6) is 0 Å². The number of hydrogen-bond acceptors (Lipinski definition) is 18. The predicted molar refractivity (Wildman–Crippen MR) is 300 cm³/mol. The van der Waals surface area contributed by atoms with Gasteiger partial charge in [0.2, 0.25) is 5.91 Å². The van der Waals surface area contributed by atoms with E-state index in [0.717, 1.165) is 51.4 Å². The van der Waals surface area contributed by atoms with E-state index in [0.29, 0.717) is 12.8 Å². The molecule has 0 aromatic carbocycles. The first-order valence-corrected chi connectivity index (χ1v) is 31.1. The van der Waals surface area contributed by atoms with Gasteiger partial charge in [0, 0.05) is 6.42 Å². The molecule has 19 heteroatoms.